The number of hydrogen-bond donors (Lipinski definition) is 1. The minimum Gasteiger partial charge on any atom is -0.335 e. The number of rotatable bonds is 2. The molecule has 1 amide bonds. The highest BCUT2D eigenvalue weighted by Crippen LogP contribution is 2.32. The Morgan fingerprint density at radius 1 is 1.50 bits per heavy atom. The second kappa shape index (κ2) is 6.56. The largest absolute Gasteiger partial charge is 0.335 e. The topological polar surface area (TPSA) is 50.2 Å². The van der Waals surface area contributed by atoms with Gasteiger partial charge in [-0.25, -0.2) is 0 Å². The maximum Gasteiger partial charge on any atom is 0.264 e. The molecule has 3 heterocycles. The van der Waals surface area contributed by atoms with Crippen LogP contribution in [0.15, 0.2) is 6.07 Å². The molecule has 1 aliphatic rings. The van der Waals surface area contributed by atoms with E-state index in [4.69, 9.17) is 0 Å². The molecule has 1 fully saturated rings. The first-order valence-corrected chi connectivity index (χ1v) is 8.28. The normalized spacial score (nSPS) is 18.8. The van der Waals surface area contributed by atoms with Crippen LogP contribution in [0.4, 0.5) is 0 Å². The van der Waals surface area contributed by atoms with Crippen LogP contribution in [0.2, 0.25) is 0 Å². The van der Waals surface area contributed by atoms with Crippen molar-refractivity contribution in [2.24, 2.45) is 7.05 Å². The Morgan fingerprint density at radius 3 is 2.86 bits per heavy atom. The molecule has 0 spiro atoms. The number of amides is 1. The van der Waals surface area contributed by atoms with Crippen LogP contribution in [0.25, 0.3) is 10.2 Å². The molecule has 0 aromatic carbocycles. The molecule has 0 aliphatic carbocycles. The molecule has 0 bridgehead atoms. The first kappa shape index (κ1) is 17.2. The second-order valence-electron chi connectivity index (χ2n) is 6.10. The molecule has 5 nitrogen and oxygen atoms in total. The van der Waals surface area contributed by atoms with Gasteiger partial charge in [-0.2, -0.15) is 5.10 Å². The summed E-state index contributed by atoms with van der Waals surface area (Å²) in [6, 6.07) is 2.39. The Labute approximate surface area is 141 Å². The highest BCUT2D eigenvalue weighted by Gasteiger charge is 2.25. The van der Waals surface area contributed by atoms with Gasteiger partial charge in [-0.3, -0.25) is 9.48 Å². The van der Waals surface area contributed by atoms with E-state index < -0.39 is 0 Å². The maximum absolute atomic E-state index is 12.7. The van der Waals surface area contributed by atoms with Crippen LogP contribution in [-0.2, 0) is 7.05 Å². The molecule has 0 saturated carbocycles. The van der Waals surface area contributed by atoms with E-state index in [9.17, 15) is 4.79 Å². The molecule has 2 aromatic rings. The molecule has 122 valence electrons. The van der Waals surface area contributed by atoms with Gasteiger partial charge in [-0.15, -0.1) is 23.7 Å². The zero-order chi connectivity index (χ0) is 15.1. The fourth-order valence-electron chi connectivity index (χ4n) is 2.87. The predicted octanol–water partition coefficient (Wildman–Crippen LogP) is 2.61. The molecule has 2 aromatic heterocycles. The van der Waals surface area contributed by atoms with Gasteiger partial charge in [0.25, 0.3) is 5.91 Å². The molecule has 7 heteroatoms. The number of nitrogens with one attached hydrogen (secondary N) is 1. The zero-order valence-corrected chi connectivity index (χ0v) is 15.1. The lowest BCUT2D eigenvalue weighted by atomic mass is 10.1. The molecular weight excluding hydrogens is 320 g/mol. The third kappa shape index (κ3) is 3.00. The number of fused-ring (bicyclic) bond motifs is 1. The highest BCUT2D eigenvalue weighted by molar-refractivity contribution is 7.20. The van der Waals surface area contributed by atoms with Gasteiger partial charge in [0, 0.05) is 38.1 Å². The Balaban J connectivity index is 0.00000176. The van der Waals surface area contributed by atoms with E-state index in [-0.39, 0.29) is 18.3 Å². The summed E-state index contributed by atoms with van der Waals surface area (Å²) >= 11 is 1.55. The Kier molecular flexibility index (Phi) is 5.14. The SMILES string of the molecule is CC1CN(C(=O)c2cc3c(C(C)C)nn(C)c3s2)CCN1.Cl. The third-order valence-electron chi connectivity index (χ3n) is 3.95. The molecular formula is C15H23ClN4OS. The van der Waals surface area contributed by atoms with E-state index >= 15 is 0 Å². The van der Waals surface area contributed by atoms with Crippen LogP contribution in [0.5, 0.6) is 0 Å². The summed E-state index contributed by atoms with van der Waals surface area (Å²) in [6.07, 6.45) is 0. The van der Waals surface area contributed by atoms with Crippen molar-refractivity contribution in [3.05, 3.63) is 16.6 Å². The lowest BCUT2D eigenvalue weighted by Gasteiger charge is -2.31. The number of aromatic nitrogens is 2. The quantitative estimate of drug-likeness (QED) is 0.912. The van der Waals surface area contributed by atoms with Crippen molar-refractivity contribution in [2.45, 2.75) is 32.7 Å². The molecule has 1 atom stereocenters. The minimum absolute atomic E-state index is 0. The van der Waals surface area contributed by atoms with E-state index in [1.165, 1.54) is 0 Å². The monoisotopic (exact) mass is 342 g/mol. The summed E-state index contributed by atoms with van der Waals surface area (Å²) in [5.41, 5.74) is 1.08. The van der Waals surface area contributed by atoms with E-state index in [2.05, 4.69) is 31.2 Å². The van der Waals surface area contributed by atoms with Crippen LogP contribution < -0.4 is 5.32 Å². The van der Waals surface area contributed by atoms with Crippen LogP contribution >= 0.6 is 23.7 Å². The summed E-state index contributed by atoms with van der Waals surface area (Å²) in [5.74, 6) is 0.518. The molecule has 1 N–H and O–H groups in total. The van der Waals surface area contributed by atoms with E-state index in [0.29, 0.717) is 12.0 Å². The van der Waals surface area contributed by atoms with Gasteiger partial charge in [-0.05, 0) is 18.9 Å². The van der Waals surface area contributed by atoms with Gasteiger partial charge >= 0.3 is 0 Å². The van der Waals surface area contributed by atoms with Crippen molar-refractivity contribution in [3.8, 4) is 0 Å². The zero-order valence-electron chi connectivity index (χ0n) is 13.4. The highest BCUT2D eigenvalue weighted by atomic mass is 35.5. The molecule has 3 rings (SSSR count). The predicted molar refractivity (Wildman–Crippen MR) is 93.3 cm³/mol. The molecule has 1 aliphatic heterocycles. The van der Waals surface area contributed by atoms with Crippen molar-refractivity contribution in [2.75, 3.05) is 19.6 Å². The molecule has 1 saturated heterocycles. The van der Waals surface area contributed by atoms with Gasteiger partial charge in [-0.1, -0.05) is 13.8 Å². The van der Waals surface area contributed by atoms with Crippen molar-refractivity contribution >= 4 is 39.9 Å². The molecule has 1 unspecified atom stereocenters. The van der Waals surface area contributed by atoms with Crippen molar-refractivity contribution in [1.29, 1.82) is 0 Å². The Bertz CT molecular complexity index is 678. The first-order valence-electron chi connectivity index (χ1n) is 7.46. The Morgan fingerprint density at radius 2 is 2.23 bits per heavy atom. The number of carbonyl (C=O) groups excluding carboxylic acids is 1. The van der Waals surface area contributed by atoms with Crippen molar-refractivity contribution < 1.29 is 4.79 Å². The molecule has 22 heavy (non-hydrogen) atoms. The average Bonchev–Trinajstić information content (AvgIpc) is 2.99. The van der Waals surface area contributed by atoms with Gasteiger partial charge in [0.1, 0.15) is 4.83 Å². The molecule has 0 radical (unpaired) electrons. The van der Waals surface area contributed by atoms with Gasteiger partial charge in [0.2, 0.25) is 0 Å². The van der Waals surface area contributed by atoms with Crippen LogP contribution in [-0.4, -0.2) is 46.3 Å². The smallest absolute Gasteiger partial charge is 0.264 e. The number of aryl methyl sites for hydroxylation is 1. The second-order valence-corrected chi connectivity index (χ2v) is 7.13. The Hall–Kier alpha value is -1.11. The van der Waals surface area contributed by atoms with Crippen molar-refractivity contribution in [1.82, 2.24) is 20.0 Å². The summed E-state index contributed by atoms with van der Waals surface area (Å²) in [7, 11) is 1.95. The van der Waals surface area contributed by atoms with Gasteiger partial charge in [0.05, 0.1) is 10.6 Å². The van der Waals surface area contributed by atoms with Crippen LogP contribution in [0.3, 0.4) is 0 Å². The number of piperazine rings is 1. The van der Waals surface area contributed by atoms with E-state index in [1.54, 1.807) is 11.3 Å². The number of carbonyl (C=O) groups is 1. The van der Waals surface area contributed by atoms with E-state index in [0.717, 1.165) is 40.4 Å². The van der Waals surface area contributed by atoms with Crippen LogP contribution in [0, 0.1) is 0 Å². The number of hydrogen-bond acceptors (Lipinski definition) is 4. The summed E-state index contributed by atoms with van der Waals surface area (Å²) in [5, 5.41) is 9.06. The summed E-state index contributed by atoms with van der Waals surface area (Å²) in [6.45, 7) is 8.83. The summed E-state index contributed by atoms with van der Waals surface area (Å²) < 4.78 is 1.90. The number of halogens is 1. The average molecular weight is 343 g/mol. The first-order chi connectivity index (χ1) is 9.97. The standard InChI is InChI=1S/C15H22N4OS.ClH/c1-9(2)13-11-7-12(21-15(11)18(4)17-13)14(20)19-6-5-16-10(3)8-19;/h7,9-10,16H,5-6,8H2,1-4H3;1H. The van der Waals surface area contributed by atoms with Gasteiger partial charge < -0.3 is 10.2 Å². The van der Waals surface area contributed by atoms with Crippen molar-refractivity contribution in [3.63, 3.8) is 0 Å². The third-order valence-corrected chi connectivity index (χ3v) is 5.14. The number of nitrogens with zero attached hydrogens (tertiary/aromatic N) is 3. The van der Waals surface area contributed by atoms with Gasteiger partial charge in [0.15, 0.2) is 0 Å². The summed E-state index contributed by atoms with van der Waals surface area (Å²) in [4.78, 5) is 16.6. The minimum atomic E-state index is 0. The lowest BCUT2D eigenvalue weighted by molar-refractivity contribution is 0.0714. The maximum atomic E-state index is 12.7. The van der Waals surface area contributed by atoms with Crippen LogP contribution in [0.1, 0.15) is 42.1 Å². The fraction of sp³-hybridized carbons (Fsp3) is 0.600. The van der Waals surface area contributed by atoms with E-state index in [1.807, 2.05) is 22.7 Å². The number of thiophene rings is 1. The lowest BCUT2D eigenvalue weighted by Crippen LogP contribution is -2.51. The fourth-order valence-corrected chi connectivity index (χ4v) is 3.92.